The lowest BCUT2D eigenvalue weighted by atomic mass is 10.1. The first-order chi connectivity index (χ1) is 9.32. The van der Waals surface area contributed by atoms with Crippen LogP contribution in [0, 0.1) is 5.92 Å². The maximum Gasteiger partial charge on any atom is 0.308 e. The number of carbonyl (C=O) groups excluding carboxylic acids is 1. The molecule has 0 saturated heterocycles. The van der Waals surface area contributed by atoms with Crippen LogP contribution in [0.2, 0.25) is 10.2 Å². The summed E-state index contributed by atoms with van der Waals surface area (Å²) in [5.74, 6) is -1.74. The summed E-state index contributed by atoms with van der Waals surface area (Å²) in [4.78, 5) is 25.2. The van der Waals surface area contributed by atoms with E-state index < -0.39 is 11.9 Å². The average molecular weight is 319 g/mol. The predicted octanol–water partition coefficient (Wildman–Crippen LogP) is 2.66. The fourth-order valence-corrected chi connectivity index (χ4v) is 2.43. The van der Waals surface area contributed by atoms with Crippen molar-refractivity contribution in [2.24, 2.45) is 13.0 Å². The molecule has 1 amide bonds. The molecule has 1 aliphatic rings. The highest BCUT2D eigenvalue weighted by Crippen LogP contribution is 2.31. The monoisotopic (exact) mass is 318 g/mol. The number of hydrogen-bond acceptors (Lipinski definition) is 2. The van der Waals surface area contributed by atoms with Crippen molar-refractivity contribution in [1.29, 1.82) is 0 Å². The summed E-state index contributed by atoms with van der Waals surface area (Å²) in [6.45, 7) is 1.79. The molecule has 5 nitrogen and oxygen atoms in total. The Morgan fingerprint density at radius 3 is 2.50 bits per heavy atom. The van der Waals surface area contributed by atoms with Gasteiger partial charge in [-0.1, -0.05) is 30.1 Å². The largest absolute Gasteiger partial charge is 0.481 e. The third-order valence-electron chi connectivity index (χ3n) is 3.48. The minimum Gasteiger partial charge on any atom is -0.481 e. The second kappa shape index (κ2) is 5.66. The number of nitrogens with zero attached hydrogens (tertiary/aromatic N) is 2. The van der Waals surface area contributed by atoms with Crippen LogP contribution in [0.1, 0.15) is 30.3 Å². The van der Waals surface area contributed by atoms with Gasteiger partial charge in [0.15, 0.2) is 0 Å². The third kappa shape index (κ3) is 2.94. The lowest BCUT2D eigenvalue weighted by molar-refractivity contribution is -0.141. The van der Waals surface area contributed by atoms with Gasteiger partial charge in [0.25, 0.3) is 5.91 Å². The molecule has 1 N–H and O–H groups in total. The van der Waals surface area contributed by atoms with Gasteiger partial charge in [-0.3, -0.25) is 9.59 Å². The van der Waals surface area contributed by atoms with Gasteiger partial charge in [-0.15, -0.1) is 0 Å². The summed E-state index contributed by atoms with van der Waals surface area (Å²) < 4.78 is 1.52. The quantitative estimate of drug-likeness (QED) is 0.907. The van der Waals surface area contributed by atoms with E-state index in [0.717, 1.165) is 12.8 Å². The van der Waals surface area contributed by atoms with Crippen LogP contribution in [0.15, 0.2) is 6.07 Å². The summed E-state index contributed by atoms with van der Waals surface area (Å²) in [7, 11) is 1.66. The van der Waals surface area contributed by atoms with Crippen molar-refractivity contribution < 1.29 is 14.7 Å². The van der Waals surface area contributed by atoms with E-state index in [0.29, 0.717) is 15.9 Å². The Kier molecular flexibility index (Phi) is 4.30. The van der Waals surface area contributed by atoms with Crippen LogP contribution in [0.25, 0.3) is 0 Å². The van der Waals surface area contributed by atoms with Gasteiger partial charge in [-0.25, -0.2) is 0 Å². The summed E-state index contributed by atoms with van der Waals surface area (Å²) >= 11 is 11.9. The number of halogens is 2. The molecule has 1 aromatic heterocycles. The van der Waals surface area contributed by atoms with Gasteiger partial charge >= 0.3 is 5.97 Å². The molecule has 0 spiro atoms. The standard InChI is InChI=1S/C13H16Cl2N2O3/c1-7(13(19)20)6-17(8-3-4-8)12(18)10-5-9(14)11(15)16(10)2/h5,7-8H,3-4,6H2,1-2H3,(H,19,20)/t7-/m1/s1. The first kappa shape index (κ1) is 15.2. The molecule has 0 radical (unpaired) electrons. The Labute approximate surface area is 127 Å². The van der Waals surface area contributed by atoms with Crippen molar-refractivity contribution in [1.82, 2.24) is 9.47 Å². The van der Waals surface area contributed by atoms with E-state index >= 15 is 0 Å². The Balaban J connectivity index is 2.23. The molecule has 1 aromatic rings. The fourth-order valence-electron chi connectivity index (χ4n) is 2.05. The molecule has 1 atom stereocenters. The second-order valence-corrected chi connectivity index (χ2v) is 5.92. The molecule has 20 heavy (non-hydrogen) atoms. The molecule has 1 heterocycles. The Bertz CT molecular complexity index is 552. The van der Waals surface area contributed by atoms with Crippen molar-refractivity contribution in [3.63, 3.8) is 0 Å². The van der Waals surface area contributed by atoms with Crippen LogP contribution in [-0.4, -0.2) is 39.0 Å². The highest BCUT2D eigenvalue weighted by Gasteiger charge is 2.36. The van der Waals surface area contributed by atoms with Gasteiger partial charge in [-0.05, 0) is 18.9 Å². The van der Waals surface area contributed by atoms with Crippen LogP contribution in [0.4, 0.5) is 0 Å². The molecule has 7 heteroatoms. The summed E-state index contributed by atoms with van der Waals surface area (Å²) in [5, 5.41) is 9.62. The smallest absolute Gasteiger partial charge is 0.308 e. The van der Waals surface area contributed by atoms with Crippen molar-refractivity contribution >= 4 is 35.1 Å². The molecular weight excluding hydrogens is 303 g/mol. The molecule has 0 aromatic carbocycles. The van der Waals surface area contributed by atoms with Crippen molar-refractivity contribution in [3.8, 4) is 0 Å². The minimum absolute atomic E-state index is 0.122. The van der Waals surface area contributed by atoms with Crippen LogP contribution < -0.4 is 0 Å². The van der Waals surface area contributed by atoms with E-state index in [1.54, 1.807) is 18.9 Å². The van der Waals surface area contributed by atoms with Crippen molar-refractivity contribution in [3.05, 3.63) is 21.9 Å². The molecule has 0 bridgehead atoms. The van der Waals surface area contributed by atoms with E-state index in [9.17, 15) is 9.59 Å². The van der Waals surface area contributed by atoms with Crippen LogP contribution in [0.3, 0.4) is 0 Å². The van der Waals surface area contributed by atoms with E-state index in [-0.39, 0.29) is 18.5 Å². The second-order valence-electron chi connectivity index (χ2n) is 5.16. The lowest BCUT2D eigenvalue weighted by Crippen LogP contribution is -2.39. The number of carboxylic acid groups (broad SMARTS) is 1. The topological polar surface area (TPSA) is 62.5 Å². The number of hydrogen-bond donors (Lipinski definition) is 1. The average Bonchev–Trinajstić information content (AvgIpc) is 3.19. The van der Waals surface area contributed by atoms with Crippen molar-refractivity contribution in [2.45, 2.75) is 25.8 Å². The number of rotatable bonds is 5. The Hall–Kier alpha value is -1.20. The molecule has 1 aliphatic carbocycles. The number of amides is 1. The van der Waals surface area contributed by atoms with E-state index in [4.69, 9.17) is 28.3 Å². The summed E-state index contributed by atoms with van der Waals surface area (Å²) in [6, 6.07) is 1.64. The Morgan fingerprint density at radius 1 is 1.50 bits per heavy atom. The van der Waals surface area contributed by atoms with Gasteiger partial charge in [0.2, 0.25) is 0 Å². The first-order valence-electron chi connectivity index (χ1n) is 6.37. The normalized spacial score (nSPS) is 16.0. The number of carboxylic acids is 1. The molecule has 0 unspecified atom stereocenters. The zero-order chi connectivity index (χ0) is 15.0. The first-order valence-corrected chi connectivity index (χ1v) is 7.13. The number of aliphatic carboxylic acids is 1. The molecule has 1 saturated carbocycles. The van der Waals surface area contributed by atoms with Gasteiger partial charge < -0.3 is 14.6 Å². The van der Waals surface area contributed by atoms with Crippen LogP contribution >= 0.6 is 23.2 Å². The molecule has 2 rings (SSSR count). The van der Waals surface area contributed by atoms with E-state index in [2.05, 4.69) is 0 Å². The zero-order valence-corrected chi connectivity index (χ0v) is 12.8. The highest BCUT2D eigenvalue weighted by molar-refractivity contribution is 6.41. The molecule has 0 aliphatic heterocycles. The van der Waals surface area contributed by atoms with Gasteiger partial charge in [-0.2, -0.15) is 0 Å². The zero-order valence-electron chi connectivity index (χ0n) is 11.3. The lowest BCUT2D eigenvalue weighted by Gasteiger charge is -2.24. The van der Waals surface area contributed by atoms with Crippen LogP contribution in [-0.2, 0) is 11.8 Å². The number of carbonyl (C=O) groups is 2. The molecule has 1 fully saturated rings. The SMILES string of the molecule is C[C@H](CN(C(=O)c1cc(Cl)c(Cl)n1C)C1CC1)C(=O)O. The Morgan fingerprint density at radius 2 is 2.10 bits per heavy atom. The van der Waals surface area contributed by atoms with Gasteiger partial charge in [0, 0.05) is 19.6 Å². The predicted molar refractivity (Wildman–Crippen MR) is 76.3 cm³/mol. The van der Waals surface area contributed by atoms with Crippen molar-refractivity contribution in [2.75, 3.05) is 6.54 Å². The van der Waals surface area contributed by atoms with Crippen LogP contribution in [0.5, 0.6) is 0 Å². The highest BCUT2D eigenvalue weighted by atomic mass is 35.5. The molecular formula is C13H16Cl2N2O3. The fraction of sp³-hybridized carbons (Fsp3) is 0.538. The summed E-state index contributed by atoms with van der Waals surface area (Å²) in [6.07, 6.45) is 1.81. The van der Waals surface area contributed by atoms with Gasteiger partial charge in [0.1, 0.15) is 10.8 Å². The van der Waals surface area contributed by atoms with Gasteiger partial charge in [0.05, 0.1) is 10.9 Å². The number of aromatic nitrogens is 1. The maximum atomic E-state index is 12.6. The third-order valence-corrected chi connectivity index (χ3v) is 4.32. The minimum atomic E-state index is -0.911. The molecule has 110 valence electrons. The maximum absolute atomic E-state index is 12.6. The summed E-state index contributed by atoms with van der Waals surface area (Å²) in [5.41, 5.74) is 0.379. The van der Waals surface area contributed by atoms with E-state index in [1.807, 2.05) is 0 Å². The van der Waals surface area contributed by atoms with E-state index in [1.165, 1.54) is 10.6 Å².